The number of aliphatic hydroxyl groups excluding tert-OH is 1. The van der Waals surface area contributed by atoms with Crippen LogP contribution in [0.3, 0.4) is 0 Å². The highest BCUT2D eigenvalue weighted by Crippen LogP contribution is 2.45. The molecule has 0 aliphatic rings. The van der Waals surface area contributed by atoms with Crippen LogP contribution in [0.25, 0.3) is 0 Å². The Morgan fingerprint density at radius 1 is 0.250 bits per heavy atom. The molecule has 5 atom stereocenters. The van der Waals surface area contributed by atoms with Gasteiger partial charge in [0.15, 0.2) is 12.2 Å². The number of carbonyl (C=O) groups excluding carboxylic acids is 4. The predicted octanol–water partition coefficient (Wildman–Crippen LogP) is 24.0. The highest BCUT2D eigenvalue weighted by molar-refractivity contribution is 7.47. The lowest BCUT2D eigenvalue weighted by molar-refractivity contribution is -0.161. The normalized spacial score (nSPS) is 14.0. The van der Waals surface area contributed by atoms with Crippen LogP contribution in [0.1, 0.15) is 415 Å². The van der Waals surface area contributed by atoms with Crippen LogP contribution in [0, 0.1) is 23.7 Å². The fourth-order valence-corrected chi connectivity index (χ4v) is 14.0. The molecule has 3 N–H and O–H groups in total. The minimum Gasteiger partial charge on any atom is -0.462 e. The molecule has 0 rings (SSSR count). The number of hydrogen-bond donors (Lipinski definition) is 3. The maximum Gasteiger partial charge on any atom is 0.472 e. The summed E-state index contributed by atoms with van der Waals surface area (Å²) in [5, 5.41) is 10.6. The SMILES string of the molecule is CC(C)CCCCCCCCCCCCCCCCCCCCC(=O)OC[C@H](COP(=O)(O)OC[C@@H](O)COP(=O)(O)OC[C@@H](COC(=O)CCCCCCCCC(C)C)OC(=O)CCCCCCCCCCC(C)C)OC(=O)CCCCCCCCCCCCCCCCCCC(C)C. The van der Waals surface area contributed by atoms with Gasteiger partial charge in [0, 0.05) is 25.7 Å². The van der Waals surface area contributed by atoms with Gasteiger partial charge < -0.3 is 33.8 Å². The molecule has 0 fully saturated rings. The molecule has 0 amide bonds. The molecule has 0 aliphatic heterocycles. The van der Waals surface area contributed by atoms with Gasteiger partial charge in [-0.15, -0.1) is 0 Å². The van der Waals surface area contributed by atoms with Gasteiger partial charge in [0.05, 0.1) is 26.4 Å². The predicted molar refractivity (Wildman–Crippen MR) is 409 cm³/mol. The first kappa shape index (κ1) is 98.1. The molecule has 0 saturated heterocycles. The van der Waals surface area contributed by atoms with Crippen LogP contribution < -0.4 is 0 Å². The van der Waals surface area contributed by atoms with Gasteiger partial charge >= 0.3 is 39.5 Å². The molecule has 0 aromatic heterocycles. The van der Waals surface area contributed by atoms with Crippen molar-refractivity contribution in [3.8, 4) is 0 Å². The second-order valence-electron chi connectivity index (χ2n) is 31.1. The molecule has 0 aromatic carbocycles. The summed E-state index contributed by atoms with van der Waals surface area (Å²) in [5.41, 5.74) is 0. The monoisotopic (exact) mass is 1470 g/mol. The number of phosphoric ester groups is 2. The van der Waals surface area contributed by atoms with Crippen LogP contribution in [0.2, 0.25) is 0 Å². The topological polar surface area (TPSA) is 237 Å². The number of ether oxygens (including phenoxy) is 4. The van der Waals surface area contributed by atoms with Crippen molar-refractivity contribution in [3.05, 3.63) is 0 Å². The van der Waals surface area contributed by atoms with E-state index in [2.05, 4.69) is 55.4 Å². The lowest BCUT2D eigenvalue weighted by Crippen LogP contribution is -2.30. The van der Waals surface area contributed by atoms with Gasteiger partial charge in [-0.1, -0.05) is 364 Å². The van der Waals surface area contributed by atoms with Gasteiger partial charge in [-0.2, -0.15) is 0 Å². The molecule has 100 heavy (non-hydrogen) atoms. The van der Waals surface area contributed by atoms with Gasteiger partial charge in [0.25, 0.3) is 0 Å². The number of phosphoric acid groups is 2. The van der Waals surface area contributed by atoms with E-state index in [1.165, 1.54) is 212 Å². The fraction of sp³-hybridized carbons (Fsp3) is 0.951. The molecule has 594 valence electrons. The minimum absolute atomic E-state index is 0.103. The second kappa shape index (κ2) is 70.1. The summed E-state index contributed by atoms with van der Waals surface area (Å²) in [5.74, 6) is 0.911. The first-order chi connectivity index (χ1) is 48.1. The van der Waals surface area contributed by atoms with E-state index in [1.807, 2.05) is 0 Å². The Morgan fingerprint density at radius 2 is 0.420 bits per heavy atom. The van der Waals surface area contributed by atoms with E-state index in [-0.39, 0.29) is 25.7 Å². The third kappa shape index (κ3) is 74.3. The van der Waals surface area contributed by atoms with Crippen molar-refractivity contribution in [1.82, 2.24) is 0 Å². The lowest BCUT2D eigenvalue weighted by Gasteiger charge is -2.21. The molecule has 0 bridgehead atoms. The Morgan fingerprint density at radius 3 is 0.620 bits per heavy atom. The first-order valence-corrected chi connectivity index (χ1v) is 44.7. The van der Waals surface area contributed by atoms with E-state index in [4.69, 9.17) is 37.0 Å². The number of unbranched alkanes of at least 4 members (excludes halogenated alkanes) is 44. The first-order valence-electron chi connectivity index (χ1n) is 41.7. The highest BCUT2D eigenvalue weighted by Gasteiger charge is 2.30. The van der Waals surface area contributed by atoms with E-state index in [1.54, 1.807) is 0 Å². The molecule has 0 aliphatic carbocycles. The van der Waals surface area contributed by atoms with Crippen molar-refractivity contribution in [3.63, 3.8) is 0 Å². The lowest BCUT2D eigenvalue weighted by atomic mass is 10.0. The Hall–Kier alpha value is -1.94. The quantitative estimate of drug-likeness (QED) is 0.0222. The third-order valence-corrected chi connectivity index (χ3v) is 20.7. The molecule has 0 radical (unpaired) electrons. The summed E-state index contributed by atoms with van der Waals surface area (Å²) in [7, 11) is -9.92. The summed E-state index contributed by atoms with van der Waals surface area (Å²) >= 11 is 0. The van der Waals surface area contributed by atoms with Crippen molar-refractivity contribution in [1.29, 1.82) is 0 Å². The van der Waals surface area contributed by atoms with Gasteiger partial charge in [0.1, 0.15) is 19.3 Å². The fourth-order valence-electron chi connectivity index (χ4n) is 12.4. The number of rotatable bonds is 78. The standard InChI is InChI=1S/C81H158O17P2/c1-71(2)57-49-41-33-27-23-19-15-11-9-10-12-17-21-25-29-36-45-53-61-78(83)91-67-76(97-80(85)63-55-47-37-30-26-22-18-14-13-16-20-24-28-34-42-50-58-72(3)4)69-95-99(87,88)93-65-75(82)66-94-100(89,90)96-70-77(68-92-79(84)62-54-46-40-39-44-52-60-74(7)8)98-81(86)64-56-48-38-32-31-35-43-51-59-73(5)6/h71-77,82H,9-70H2,1-8H3,(H,87,88)(H,89,90)/t75-,76-,77-/m1/s1. The molecule has 17 nitrogen and oxygen atoms in total. The van der Waals surface area contributed by atoms with E-state index in [0.29, 0.717) is 31.6 Å². The van der Waals surface area contributed by atoms with Crippen molar-refractivity contribution >= 4 is 39.5 Å². The number of hydrogen-bond acceptors (Lipinski definition) is 15. The van der Waals surface area contributed by atoms with E-state index < -0.39 is 97.5 Å². The average Bonchev–Trinajstić information content (AvgIpc) is 0.919. The molecule has 19 heteroatoms. The van der Waals surface area contributed by atoms with Crippen molar-refractivity contribution in [2.45, 2.75) is 433 Å². The van der Waals surface area contributed by atoms with Gasteiger partial charge in [0.2, 0.25) is 0 Å². The summed E-state index contributed by atoms with van der Waals surface area (Å²) in [6.07, 6.45) is 57.3. The van der Waals surface area contributed by atoms with Crippen LogP contribution in [-0.2, 0) is 65.4 Å². The smallest absolute Gasteiger partial charge is 0.462 e. The van der Waals surface area contributed by atoms with Crippen LogP contribution in [-0.4, -0.2) is 96.7 Å². The van der Waals surface area contributed by atoms with Gasteiger partial charge in [-0.25, -0.2) is 9.13 Å². The number of carbonyl (C=O) groups is 4. The number of aliphatic hydroxyl groups is 1. The van der Waals surface area contributed by atoms with Crippen LogP contribution in [0.15, 0.2) is 0 Å². The number of esters is 4. The highest BCUT2D eigenvalue weighted by atomic mass is 31.2. The molecule has 0 aromatic rings. The van der Waals surface area contributed by atoms with Crippen molar-refractivity contribution in [2.75, 3.05) is 39.6 Å². The third-order valence-electron chi connectivity index (χ3n) is 18.8. The molecular weight excluding hydrogens is 1310 g/mol. The average molecular weight is 1470 g/mol. The van der Waals surface area contributed by atoms with Crippen LogP contribution in [0.4, 0.5) is 0 Å². The molecule has 0 saturated carbocycles. The molecule has 0 heterocycles. The Balaban J connectivity index is 5.19. The van der Waals surface area contributed by atoms with Crippen molar-refractivity contribution < 1.29 is 80.2 Å². The van der Waals surface area contributed by atoms with Crippen LogP contribution >= 0.6 is 15.6 Å². The summed E-state index contributed by atoms with van der Waals surface area (Å²) in [6.45, 7) is 14.2. The van der Waals surface area contributed by atoms with Crippen LogP contribution in [0.5, 0.6) is 0 Å². The Bertz CT molecular complexity index is 1950. The zero-order chi connectivity index (χ0) is 73.8. The van der Waals surface area contributed by atoms with Gasteiger partial charge in [-0.3, -0.25) is 37.3 Å². The van der Waals surface area contributed by atoms with E-state index in [9.17, 15) is 43.2 Å². The largest absolute Gasteiger partial charge is 0.472 e. The molecule has 2 unspecified atom stereocenters. The zero-order valence-electron chi connectivity index (χ0n) is 65.8. The Labute approximate surface area is 613 Å². The minimum atomic E-state index is -4.96. The van der Waals surface area contributed by atoms with E-state index >= 15 is 0 Å². The maximum absolute atomic E-state index is 13.1. The second-order valence-corrected chi connectivity index (χ2v) is 34.0. The van der Waals surface area contributed by atoms with Crippen molar-refractivity contribution in [2.24, 2.45) is 23.7 Å². The zero-order valence-corrected chi connectivity index (χ0v) is 67.6. The summed E-state index contributed by atoms with van der Waals surface area (Å²) in [6, 6.07) is 0. The van der Waals surface area contributed by atoms with Gasteiger partial charge in [-0.05, 0) is 49.4 Å². The Kier molecular flexibility index (Phi) is 68.7. The molecule has 0 spiro atoms. The summed E-state index contributed by atoms with van der Waals surface area (Å²) in [4.78, 5) is 72.9. The summed E-state index contributed by atoms with van der Waals surface area (Å²) < 4.78 is 68.6. The van der Waals surface area contributed by atoms with E-state index in [0.717, 1.165) is 114 Å². The molecular formula is C81H158O17P2. The maximum atomic E-state index is 13.1.